The van der Waals surface area contributed by atoms with Crippen molar-refractivity contribution in [1.82, 2.24) is 5.01 Å². The molecular weight excluding hydrogens is 180 g/mol. The van der Waals surface area contributed by atoms with E-state index in [2.05, 4.69) is 5.10 Å². The van der Waals surface area contributed by atoms with Crippen LogP contribution in [0.5, 0.6) is 0 Å². The van der Waals surface area contributed by atoms with Gasteiger partial charge in [-0.2, -0.15) is 5.10 Å². The first kappa shape index (κ1) is 9.32. The van der Waals surface area contributed by atoms with Gasteiger partial charge >= 0.3 is 5.97 Å². The van der Waals surface area contributed by atoms with Crippen molar-refractivity contribution in [3.8, 4) is 0 Å². The summed E-state index contributed by atoms with van der Waals surface area (Å²) in [5, 5.41) is 13.7. The van der Waals surface area contributed by atoms with Crippen LogP contribution >= 0.6 is 11.6 Å². The summed E-state index contributed by atoms with van der Waals surface area (Å²) in [5.41, 5.74) is 0.742. The summed E-state index contributed by atoms with van der Waals surface area (Å²) in [6, 6.07) is -0.707. The van der Waals surface area contributed by atoms with Crippen LogP contribution < -0.4 is 0 Å². The first-order valence-electron chi connectivity index (χ1n) is 3.75. The molecule has 0 aromatic rings. The van der Waals surface area contributed by atoms with E-state index in [4.69, 9.17) is 16.7 Å². The molecule has 68 valence electrons. The minimum atomic E-state index is -0.926. The first-order valence-corrected chi connectivity index (χ1v) is 4.18. The minimum absolute atomic E-state index is 0.488. The van der Waals surface area contributed by atoms with Crippen molar-refractivity contribution < 1.29 is 9.90 Å². The lowest BCUT2D eigenvalue weighted by Crippen LogP contribution is -2.39. The summed E-state index contributed by atoms with van der Waals surface area (Å²) in [5.74, 6) is -0.926. The number of alkyl halides is 1. The largest absolute Gasteiger partial charge is 0.480 e. The third-order valence-corrected chi connectivity index (χ3v) is 2.39. The second-order valence-corrected chi connectivity index (χ2v) is 3.17. The van der Waals surface area contributed by atoms with Gasteiger partial charge in [-0.15, -0.1) is 11.6 Å². The Balaban J connectivity index is 2.79. The van der Waals surface area contributed by atoms with E-state index in [1.54, 1.807) is 7.05 Å². The van der Waals surface area contributed by atoms with Gasteiger partial charge in [0.25, 0.3) is 0 Å². The molecular formula is C7H11ClN2O2. The predicted octanol–water partition coefficient (Wildman–Crippen LogP) is 0.758. The van der Waals surface area contributed by atoms with E-state index in [9.17, 15) is 4.79 Å². The van der Waals surface area contributed by atoms with Crippen LogP contribution in [0.25, 0.3) is 0 Å². The number of halogens is 1. The third-order valence-electron chi connectivity index (χ3n) is 1.90. The molecule has 0 spiro atoms. The zero-order valence-electron chi connectivity index (χ0n) is 6.99. The lowest BCUT2D eigenvalue weighted by molar-refractivity contribution is -0.141. The molecule has 0 saturated carbocycles. The summed E-state index contributed by atoms with van der Waals surface area (Å²) in [7, 11) is 1.62. The smallest absolute Gasteiger partial charge is 0.329 e. The van der Waals surface area contributed by atoms with Gasteiger partial charge < -0.3 is 5.11 Å². The Kier molecular flexibility index (Phi) is 2.57. The zero-order valence-corrected chi connectivity index (χ0v) is 7.75. The number of carbonyl (C=O) groups is 1. The summed E-state index contributed by atoms with van der Waals surface area (Å²) in [4.78, 5) is 10.7. The van der Waals surface area contributed by atoms with Gasteiger partial charge in [-0.25, -0.2) is 4.79 Å². The molecule has 4 nitrogen and oxygen atoms in total. The highest BCUT2D eigenvalue weighted by Gasteiger charge is 2.38. The molecule has 12 heavy (non-hydrogen) atoms. The highest BCUT2D eigenvalue weighted by atomic mass is 35.5. The van der Waals surface area contributed by atoms with Crippen LogP contribution in [-0.4, -0.2) is 40.3 Å². The van der Waals surface area contributed by atoms with Gasteiger partial charge in [0.05, 0.1) is 5.71 Å². The van der Waals surface area contributed by atoms with Crippen LogP contribution in [0.15, 0.2) is 5.10 Å². The van der Waals surface area contributed by atoms with Crippen molar-refractivity contribution in [2.45, 2.75) is 24.8 Å². The van der Waals surface area contributed by atoms with E-state index in [1.807, 2.05) is 6.92 Å². The maximum absolute atomic E-state index is 10.7. The Morgan fingerprint density at radius 3 is 2.67 bits per heavy atom. The van der Waals surface area contributed by atoms with Gasteiger partial charge in [0, 0.05) is 7.05 Å². The number of carboxylic acid groups (broad SMARTS) is 1. The van der Waals surface area contributed by atoms with Gasteiger partial charge in [0.1, 0.15) is 5.38 Å². The zero-order chi connectivity index (χ0) is 9.30. The molecule has 5 heteroatoms. The van der Waals surface area contributed by atoms with Crippen LogP contribution in [0.4, 0.5) is 0 Å². The molecule has 1 aliphatic rings. The van der Waals surface area contributed by atoms with Crippen LogP contribution in [0.3, 0.4) is 0 Å². The molecule has 0 bridgehead atoms. The lowest BCUT2D eigenvalue weighted by atomic mass is 10.1. The molecule has 1 heterocycles. The third kappa shape index (κ3) is 1.39. The Morgan fingerprint density at radius 2 is 2.42 bits per heavy atom. The van der Waals surface area contributed by atoms with Crippen molar-refractivity contribution in [3.63, 3.8) is 0 Å². The van der Waals surface area contributed by atoms with Gasteiger partial charge in [-0.1, -0.05) is 6.92 Å². The number of nitrogens with zero attached hydrogens (tertiary/aromatic N) is 2. The quantitative estimate of drug-likeness (QED) is 0.654. The molecule has 0 fully saturated rings. The number of carboxylic acids is 1. The summed E-state index contributed by atoms with van der Waals surface area (Å²) >= 11 is 5.88. The van der Waals surface area contributed by atoms with Gasteiger partial charge in [0.15, 0.2) is 6.04 Å². The van der Waals surface area contributed by atoms with Crippen LogP contribution in [-0.2, 0) is 4.79 Å². The Hall–Kier alpha value is -0.770. The van der Waals surface area contributed by atoms with Crippen LogP contribution in [0.1, 0.15) is 13.3 Å². The highest BCUT2D eigenvalue weighted by Crippen LogP contribution is 2.20. The SMILES string of the molecule is CCC1=NN(C)C(C(=O)O)C1Cl. The maximum Gasteiger partial charge on any atom is 0.329 e. The van der Waals surface area contributed by atoms with E-state index < -0.39 is 17.4 Å². The monoisotopic (exact) mass is 190 g/mol. The summed E-state index contributed by atoms with van der Waals surface area (Å²) in [6.45, 7) is 1.91. The average molecular weight is 191 g/mol. The number of hydrazone groups is 1. The van der Waals surface area contributed by atoms with Crippen LogP contribution in [0, 0.1) is 0 Å². The fraction of sp³-hybridized carbons (Fsp3) is 0.714. The van der Waals surface area contributed by atoms with Crippen molar-refractivity contribution >= 4 is 23.3 Å². The van der Waals surface area contributed by atoms with Gasteiger partial charge in [-0.3, -0.25) is 5.01 Å². The number of likely N-dealkylation sites (N-methyl/N-ethyl adjacent to an activating group) is 1. The highest BCUT2D eigenvalue weighted by molar-refractivity contribution is 6.34. The number of hydrogen-bond donors (Lipinski definition) is 1. The summed E-state index contributed by atoms with van der Waals surface area (Å²) < 4.78 is 0. The first-order chi connectivity index (χ1) is 5.57. The molecule has 2 atom stereocenters. The molecule has 1 rings (SSSR count). The van der Waals surface area contributed by atoms with Crippen LogP contribution in [0.2, 0.25) is 0 Å². The van der Waals surface area contributed by atoms with E-state index >= 15 is 0 Å². The molecule has 0 aromatic heterocycles. The van der Waals surface area contributed by atoms with Crippen molar-refractivity contribution in [3.05, 3.63) is 0 Å². The van der Waals surface area contributed by atoms with Gasteiger partial charge in [-0.05, 0) is 6.42 Å². The van der Waals surface area contributed by atoms with E-state index in [0.717, 1.165) is 5.71 Å². The Morgan fingerprint density at radius 1 is 1.83 bits per heavy atom. The lowest BCUT2D eigenvalue weighted by Gasteiger charge is -2.16. The predicted molar refractivity (Wildman–Crippen MR) is 46.6 cm³/mol. The molecule has 0 aliphatic carbocycles. The van der Waals surface area contributed by atoms with Crippen molar-refractivity contribution in [2.75, 3.05) is 7.05 Å². The Labute approximate surface area is 75.8 Å². The standard InChI is InChI=1S/C7H11ClN2O2/c1-3-4-5(8)6(7(11)12)10(2)9-4/h5-6H,3H2,1-2H3,(H,11,12). The number of hydrogen-bond acceptors (Lipinski definition) is 3. The fourth-order valence-corrected chi connectivity index (χ4v) is 1.71. The molecule has 1 N–H and O–H groups in total. The normalized spacial score (nSPS) is 28.9. The fourth-order valence-electron chi connectivity index (χ4n) is 1.24. The van der Waals surface area contributed by atoms with Crippen molar-refractivity contribution in [2.24, 2.45) is 5.10 Å². The van der Waals surface area contributed by atoms with E-state index in [1.165, 1.54) is 5.01 Å². The van der Waals surface area contributed by atoms with E-state index in [-0.39, 0.29) is 0 Å². The van der Waals surface area contributed by atoms with E-state index in [0.29, 0.717) is 6.42 Å². The Bertz CT molecular complexity index is 229. The molecule has 0 saturated heterocycles. The molecule has 2 unspecified atom stereocenters. The molecule has 0 amide bonds. The number of rotatable bonds is 2. The summed E-state index contributed by atoms with van der Waals surface area (Å²) in [6.07, 6.45) is 0.697. The minimum Gasteiger partial charge on any atom is -0.480 e. The average Bonchev–Trinajstić information content (AvgIpc) is 2.25. The topological polar surface area (TPSA) is 52.9 Å². The second-order valence-electron chi connectivity index (χ2n) is 2.70. The molecule has 0 aromatic carbocycles. The second kappa shape index (κ2) is 3.31. The molecule has 0 radical (unpaired) electrons. The van der Waals surface area contributed by atoms with Gasteiger partial charge in [0.2, 0.25) is 0 Å². The van der Waals surface area contributed by atoms with Crippen molar-refractivity contribution in [1.29, 1.82) is 0 Å². The number of aliphatic carboxylic acids is 1. The molecule has 1 aliphatic heterocycles. The maximum atomic E-state index is 10.7.